The Labute approximate surface area is 144 Å². The molecule has 1 N–H and O–H groups in total. The summed E-state index contributed by atoms with van der Waals surface area (Å²) in [6, 6.07) is 2.58. The van der Waals surface area contributed by atoms with Crippen molar-refractivity contribution >= 4 is 22.4 Å². The van der Waals surface area contributed by atoms with Gasteiger partial charge in [-0.25, -0.2) is 12.8 Å². The van der Waals surface area contributed by atoms with Crippen molar-refractivity contribution in [1.82, 2.24) is 9.62 Å². The first-order valence-electron chi connectivity index (χ1n) is 7.84. The minimum absolute atomic E-state index is 0. The van der Waals surface area contributed by atoms with Crippen LogP contribution in [0.5, 0.6) is 0 Å². The van der Waals surface area contributed by atoms with Gasteiger partial charge in [0, 0.05) is 13.1 Å². The van der Waals surface area contributed by atoms with Gasteiger partial charge >= 0.3 is 0 Å². The summed E-state index contributed by atoms with van der Waals surface area (Å²) in [5.41, 5.74) is 0.958. The van der Waals surface area contributed by atoms with Gasteiger partial charge in [-0.3, -0.25) is 0 Å². The third-order valence-corrected chi connectivity index (χ3v) is 6.48. The number of benzene rings is 1. The summed E-state index contributed by atoms with van der Waals surface area (Å²) >= 11 is 0. The van der Waals surface area contributed by atoms with Crippen LogP contribution >= 0.6 is 12.4 Å². The minimum Gasteiger partial charge on any atom is -0.317 e. The molecule has 1 heterocycles. The van der Waals surface area contributed by atoms with Gasteiger partial charge in [-0.05, 0) is 69.0 Å². The van der Waals surface area contributed by atoms with Gasteiger partial charge in [-0.2, -0.15) is 4.31 Å². The lowest BCUT2D eigenvalue weighted by Crippen LogP contribution is -2.41. The molecule has 1 fully saturated rings. The molecular weight excluding hydrogens is 339 g/mol. The minimum atomic E-state index is -3.54. The molecule has 0 amide bonds. The van der Waals surface area contributed by atoms with Crippen molar-refractivity contribution < 1.29 is 12.8 Å². The Hall–Kier alpha value is -0.690. The van der Waals surface area contributed by atoms with Gasteiger partial charge in [0.15, 0.2) is 0 Å². The van der Waals surface area contributed by atoms with Crippen LogP contribution in [0.1, 0.15) is 30.9 Å². The second-order valence-corrected chi connectivity index (χ2v) is 7.90. The lowest BCUT2D eigenvalue weighted by Gasteiger charge is -2.32. The van der Waals surface area contributed by atoms with E-state index in [1.165, 1.54) is 12.1 Å². The van der Waals surface area contributed by atoms with E-state index in [4.69, 9.17) is 0 Å². The van der Waals surface area contributed by atoms with E-state index in [-0.39, 0.29) is 17.3 Å². The van der Waals surface area contributed by atoms with E-state index in [2.05, 4.69) is 12.2 Å². The zero-order chi connectivity index (χ0) is 16.3. The highest BCUT2D eigenvalue weighted by Gasteiger charge is 2.31. The van der Waals surface area contributed by atoms with Crippen LogP contribution in [0.25, 0.3) is 0 Å². The Morgan fingerprint density at radius 1 is 1.22 bits per heavy atom. The van der Waals surface area contributed by atoms with Gasteiger partial charge in [-0.15, -0.1) is 12.4 Å². The molecule has 7 heteroatoms. The van der Waals surface area contributed by atoms with Gasteiger partial charge in [0.25, 0.3) is 0 Å². The molecule has 0 radical (unpaired) electrons. The van der Waals surface area contributed by atoms with E-state index in [0.29, 0.717) is 30.1 Å². The summed E-state index contributed by atoms with van der Waals surface area (Å²) in [4.78, 5) is 0.263. The van der Waals surface area contributed by atoms with Crippen LogP contribution in [0.15, 0.2) is 17.0 Å². The number of nitrogens with one attached hydrogen (secondary N) is 1. The monoisotopic (exact) mass is 364 g/mol. The Morgan fingerprint density at radius 3 is 2.22 bits per heavy atom. The Bertz CT molecular complexity index is 606. The fraction of sp³-hybridized carbons (Fsp3) is 0.625. The third kappa shape index (κ3) is 4.66. The first kappa shape index (κ1) is 20.4. The first-order chi connectivity index (χ1) is 10.4. The van der Waals surface area contributed by atoms with Crippen LogP contribution in [0, 0.1) is 25.6 Å². The van der Waals surface area contributed by atoms with Crippen molar-refractivity contribution in [3.63, 3.8) is 0 Å². The molecule has 0 atom stereocenters. The number of rotatable bonds is 5. The Balaban J connectivity index is 0.00000264. The van der Waals surface area contributed by atoms with E-state index in [9.17, 15) is 12.8 Å². The summed E-state index contributed by atoms with van der Waals surface area (Å²) in [5, 5.41) is 3.32. The van der Waals surface area contributed by atoms with Crippen molar-refractivity contribution in [2.24, 2.45) is 5.92 Å². The molecular formula is C16H26ClFN2O2S. The predicted octanol–water partition coefficient (Wildman–Crippen LogP) is 2.87. The molecule has 23 heavy (non-hydrogen) atoms. The molecule has 0 aromatic heterocycles. The number of hydrogen-bond donors (Lipinski definition) is 1. The molecule has 1 saturated heterocycles. The lowest BCUT2D eigenvalue weighted by atomic mass is 9.98. The third-order valence-electron chi connectivity index (χ3n) is 4.28. The van der Waals surface area contributed by atoms with Crippen LogP contribution in [-0.2, 0) is 10.0 Å². The topological polar surface area (TPSA) is 49.4 Å². The van der Waals surface area contributed by atoms with Gasteiger partial charge in [0.05, 0.1) is 4.90 Å². The highest BCUT2D eigenvalue weighted by atomic mass is 35.5. The van der Waals surface area contributed by atoms with Crippen LogP contribution < -0.4 is 5.32 Å². The Kier molecular flexibility index (Phi) is 7.45. The van der Waals surface area contributed by atoms with E-state index in [1.54, 1.807) is 18.2 Å². The average Bonchev–Trinajstić information content (AvgIpc) is 2.44. The first-order valence-corrected chi connectivity index (χ1v) is 9.28. The molecule has 4 nitrogen and oxygen atoms in total. The molecule has 1 aliphatic rings. The predicted molar refractivity (Wildman–Crippen MR) is 93.1 cm³/mol. The van der Waals surface area contributed by atoms with Gasteiger partial charge in [-0.1, -0.05) is 6.92 Å². The van der Waals surface area contributed by atoms with Crippen molar-refractivity contribution in [3.8, 4) is 0 Å². The number of sulfonamides is 1. The van der Waals surface area contributed by atoms with Crippen molar-refractivity contribution in [2.75, 3.05) is 26.2 Å². The largest absolute Gasteiger partial charge is 0.317 e. The number of halogens is 2. The average molecular weight is 365 g/mol. The maximum absolute atomic E-state index is 13.4. The highest BCUT2D eigenvalue weighted by Crippen LogP contribution is 2.28. The molecule has 0 saturated carbocycles. The SMILES string of the molecule is CCNCC1CCN(S(=O)(=O)c2c(C)cc(F)cc2C)CC1.Cl. The van der Waals surface area contributed by atoms with Gasteiger partial charge in [0.2, 0.25) is 10.0 Å². The summed E-state index contributed by atoms with van der Waals surface area (Å²) in [7, 11) is -3.54. The quantitative estimate of drug-likeness (QED) is 0.874. The normalized spacial score (nSPS) is 17.0. The molecule has 2 rings (SSSR count). The van der Waals surface area contributed by atoms with Crippen LogP contribution in [0.2, 0.25) is 0 Å². The van der Waals surface area contributed by atoms with Crippen LogP contribution in [0.4, 0.5) is 4.39 Å². The molecule has 0 unspecified atom stereocenters. The van der Waals surface area contributed by atoms with Crippen molar-refractivity contribution in [3.05, 3.63) is 29.1 Å². The van der Waals surface area contributed by atoms with Crippen LogP contribution in [-0.4, -0.2) is 38.9 Å². The van der Waals surface area contributed by atoms with Crippen molar-refractivity contribution in [2.45, 2.75) is 38.5 Å². The maximum atomic E-state index is 13.4. The fourth-order valence-corrected chi connectivity index (χ4v) is 5.02. The Morgan fingerprint density at radius 2 is 1.74 bits per heavy atom. The smallest absolute Gasteiger partial charge is 0.243 e. The number of piperidine rings is 1. The molecule has 0 spiro atoms. The summed E-state index contributed by atoms with van der Waals surface area (Å²) in [6.45, 7) is 8.33. The van der Waals surface area contributed by atoms with E-state index < -0.39 is 15.8 Å². The highest BCUT2D eigenvalue weighted by molar-refractivity contribution is 7.89. The van der Waals surface area contributed by atoms with Crippen LogP contribution in [0.3, 0.4) is 0 Å². The van der Waals surface area contributed by atoms with Gasteiger partial charge in [0.1, 0.15) is 5.82 Å². The summed E-state index contributed by atoms with van der Waals surface area (Å²) in [5.74, 6) is 0.139. The number of aryl methyl sites for hydroxylation is 2. The second kappa shape index (κ2) is 8.42. The molecule has 132 valence electrons. The second-order valence-electron chi connectivity index (χ2n) is 6.02. The van der Waals surface area contributed by atoms with E-state index >= 15 is 0 Å². The molecule has 1 aromatic carbocycles. The maximum Gasteiger partial charge on any atom is 0.243 e. The molecule has 1 aromatic rings. The van der Waals surface area contributed by atoms with Crippen molar-refractivity contribution in [1.29, 1.82) is 0 Å². The fourth-order valence-electron chi connectivity index (χ4n) is 3.14. The standard InChI is InChI=1S/C16H25FN2O2S.ClH/c1-4-18-11-14-5-7-19(8-6-14)22(20,21)16-12(2)9-15(17)10-13(16)3;/h9-10,14,18H,4-8,11H2,1-3H3;1H. The molecule has 0 bridgehead atoms. The summed E-state index contributed by atoms with van der Waals surface area (Å²) < 4.78 is 40.6. The van der Waals surface area contributed by atoms with E-state index in [1.807, 2.05) is 0 Å². The summed E-state index contributed by atoms with van der Waals surface area (Å²) in [6.07, 6.45) is 1.73. The zero-order valence-corrected chi connectivity index (χ0v) is 15.6. The van der Waals surface area contributed by atoms with E-state index in [0.717, 1.165) is 25.9 Å². The zero-order valence-electron chi connectivity index (χ0n) is 13.9. The molecule has 0 aliphatic carbocycles. The molecule has 1 aliphatic heterocycles. The number of nitrogens with zero attached hydrogens (tertiary/aromatic N) is 1. The lowest BCUT2D eigenvalue weighted by molar-refractivity contribution is 0.268. The number of hydrogen-bond acceptors (Lipinski definition) is 3. The van der Waals surface area contributed by atoms with Gasteiger partial charge < -0.3 is 5.32 Å².